The summed E-state index contributed by atoms with van der Waals surface area (Å²) in [6, 6.07) is 8.31. The fourth-order valence-corrected chi connectivity index (χ4v) is 2.45. The van der Waals surface area contributed by atoms with Crippen LogP contribution in [0, 0.1) is 6.92 Å². The molecule has 0 spiro atoms. The normalized spacial score (nSPS) is 12.6. The molecule has 0 radical (unpaired) electrons. The van der Waals surface area contributed by atoms with Crippen LogP contribution < -0.4 is 5.32 Å². The molecule has 2 aromatic rings. The van der Waals surface area contributed by atoms with E-state index in [-0.39, 0.29) is 11.9 Å². The Morgan fingerprint density at radius 1 is 1.30 bits per heavy atom. The number of H-pyrrole nitrogens is 1. The zero-order valence-corrected chi connectivity index (χ0v) is 12.6. The molecule has 3 nitrogen and oxygen atoms in total. The van der Waals surface area contributed by atoms with Gasteiger partial charge in [-0.05, 0) is 38.5 Å². The second-order valence-electron chi connectivity index (χ2n) is 5.64. The molecular weight excluding hydrogens is 248 g/mol. The van der Waals surface area contributed by atoms with E-state index in [0.29, 0.717) is 5.69 Å². The van der Waals surface area contributed by atoms with Crippen LogP contribution in [0.2, 0.25) is 0 Å². The molecule has 1 heterocycles. The van der Waals surface area contributed by atoms with Crippen LogP contribution >= 0.6 is 0 Å². The standard InChI is InChI=1S/C17H24N2O/c1-4-5-6-7-13(3)18-17(20)16-11-14-10-12(2)8-9-15(14)19-16/h8-11,13,19H,4-7H2,1-3H3,(H,18,20)/t13-/m0/s1. The Morgan fingerprint density at radius 2 is 2.10 bits per heavy atom. The maximum Gasteiger partial charge on any atom is 0.267 e. The van der Waals surface area contributed by atoms with E-state index in [1.54, 1.807) is 0 Å². The predicted octanol–water partition coefficient (Wildman–Crippen LogP) is 4.17. The van der Waals surface area contributed by atoms with Crippen molar-refractivity contribution in [1.82, 2.24) is 10.3 Å². The van der Waals surface area contributed by atoms with Crippen LogP contribution in [0.25, 0.3) is 10.9 Å². The number of hydrogen-bond donors (Lipinski definition) is 2. The van der Waals surface area contributed by atoms with E-state index in [2.05, 4.69) is 37.1 Å². The van der Waals surface area contributed by atoms with Gasteiger partial charge >= 0.3 is 0 Å². The van der Waals surface area contributed by atoms with Gasteiger partial charge in [0.2, 0.25) is 0 Å². The van der Waals surface area contributed by atoms with Crippen LogP contribution in [0.4, 0.5) is 0 Å². The van der Waals surface area contributed by atoms with E-state index >= 15 is 0 Å². The summed E-state index contributed by atoms with van der Waals surface area (Å²) in [6.07, 6.45) is 4.65. The molecular formula is C17H24N2O. The van der Waals surface area contributed by atoms with Gasteiger partial charge in [-0.1, -0.05) is 37.8 Å². The summed E-state index contributed by atoms with van der Waals surface area (Å²) in [4.78, 5) is 15.4. The first-order valence-electron chi connectivity index (χ1n) is 7.50. The molecule has 0 aliphatic carbocycles. The number of unbranched alkanes of at least 4 members (excludes halogenated alkanes) is 2. The number of aryl methyl sites for hydroxylation is 1. The number of amides is 1. The molecule has 0 saturated heterocycles. The van der Waals surface area contributed by atoms with Crippen molar-refractivity contribution in [3.8, 4) is 0 Å². The lowest BCUT2D eigenvalue weighted by Crippen LogP contribution is -2.32. The van der Waals surface area contributed by atoms with Crippen LogP contribution in [-0.2, 0) is 0 Å². The Morgan fingerprint density at radius 3 is 2.85 bits per heavy atom. The minimum Gasteiger partial charge on any atom is -0.351 e. The quantitative estimate of drug-likeness (QED) is 0.761. The number of fused-ring (bicyclic) bond motifs is 1. The molecule has 2 rings (SSSR count). The Balaban J connectivity index is 2.00. The number of hydrogen-bond acceptors (Lipinski definition) is 1. The summed E-state index contributed by atoms with van der Waals surface area (Å²) in [6.45, 7) is 6.32. The van der Waals surface area contributed by atoms with Gasteiger partial charge in [0.15, 0.2) is 0 Å². The lowest BCUT2D eigenvalue weighted by Gasteiger charge is -2.12. The minimum absolute atomic E-state index is 0.0112. The first-order valence-corrected chi connectivity index (χ1v) is 7.50. The number of aromatic nitrogens is 1. The number of benzene rings is 1. The molecule has 0 bridgehead atoms. The third-order valence-electron chi connectivity index (χ3n) is 3.64. The summed E-state index contributed by atoms with van der Waals surface area (Å²) >= 11 is 0. The number of nitrogens with one attached hydrogen (secondary N) is 2. The third-order valence-corrected chi connectivity index (χ3v) is 3.64. The lowest BCUT2D eigenvalue weighted by molar-refractivity contribution is 0.0933. The van der Waals surface area contributed by atoms with Crippen molar-refractivity contribution in [2.75, 3.05) is 0 Å². The molecule has 108 valence electrons. The summed E-state index contributed by atoms with van der Waals surface area (Å²) in [7, 11) is 0. The fourth-order valence-electron chi connectivity index (χ4n) is 2.45. The Kier molecular flexibility index (Phi) is 4.83. The number of carbonyl (C=O) groups is 1. The number of rotatable bonds is 6. The summed E-state index contributed by atoms with van der Waals surface area (Å²) in [5.74, 6) is -0.0112. The van der Waals surface area contributed by atoms with Crippen LogP contribution in [0.5, 0.6) is 0 Å². The summed E-state index contributed by atoms with van der Waals surface area (Å²) in [5, 5.41) is 4.15. The topological polar surface area (TPSA) is 44.9 Å². The largest absolute Gasteiger partial charge is 0.351 e. The maximum absolute atomic E-state index is 12.2. The Labute approximate surface area is 120 Å². The monoisotopic (exact) mass is 272 g/mol. The van der Waals surface area contributed by atoms with Gasteiger partial charge in [-0.3, -0.25) is 4.79 Å². The van der Waals surface area contributed by atoms with Gasteiger partial charge in [0.05, 0.1) is 0 Å². The van der Waals surface area contributed by atoms with Crippen molar-refractivity contribution < 1.29 is 4.79 Å². The van der Waals surface area contributed by atoms with Crippen LogP contribution in [0.15, 0.2) is 24.3 Å². The van der Waals surface area contributed by atoms with E-state index < -0.39 is 0 Å². The highest BCUT2D eigenvalue weighted by Gasteiger charge is 2.12. The average molecular weight is 272 g/mol. The van der Waals surface area contributed by atoms with Crippen molar-refractivity contribution in [1.29, 1.82) is 0 Å². The van der Waals surface area contributed by atoms with Crippen LogP contribution in [-0.4, -0.2) is 16.9 Å². The van der Waals surface area contributed by atoms with E-state index in [9.17, 15) is 4.79 Å². The van der Waals surface area contributed by atoms with E-state index in [4.69, 9.17) is 0 Å². The molecule has 1 aromatic heterocycles. The second-order valence-corrected chi connectivity index (χ2v) is 5.64. The first kappa shape index (κ1) is 14.6. The van der Waals surface area contributed by atoms with Crippen molar-refractivity contribution in [3.63, 3.8) is 0 Å². The van der Waals surface area contributed by atoms with E-state index in [1.165, 1.54) is 24.8 Å². The molecule has 0 aliphatic rings. The van der Waals surface area contributed by atoms with Crippen molar-refractivity contribution >= 4 is 16.8 Å². The third kappa shape index (κ3) is 3.62. The molecule has 1 aromatic carbocycles. The minimum atomic E-state index is -0.0112. The highest BCUT2D eigenvalue weighted by molar-refractivity contribution is 5.98. The van der Waals surface area contributed by atoms with Gasteiger partial charge in [-0.25, -0.2) is 0 Å². The molecule has 0 fully saturated rings. The van der Waals surface area contributed by atoms with Crippen molar-refractivity contribution in [2.24, 2.45) is 0 Å². The Hall–Kier alpha value is -1.77. The molecule has 0 aliphatic heterocycles. The molecule has 3 heteroatoms. The molecule has 0 unspecified atom stereocenters. The SMILES string of the molecule is CCCCC[C@H](C)NC(=O)c1cc2cc(C)ccc2[nH]1. The van der Waals surface area contributed by atoms with Crippen LogP contribution in [0.3, 0.4) is 0 Å². The molecule has 1 atom stereocenters. The van der Waals surface area contributed by atoms with Gasteiger partial charge < -0.3 is 10.3 Å². The fraction of sp³-hybridized carbons (Fsp3) is 0.471. The number of aromatic amines is 1. The summed E-state index contributed by atoms with van der Waals surface area (Å²) in [5.41, 5.74) is 2.86. The van der Waals surface area contributed by atoms with Crippen molar-refractivity contribution in [2.45, 2.75) is 52.5 Å². The van der Waals surface area contributed by atoms with Gasteiger partial charge in [-0.15, -0.1) is 0 Å². The smallest absolute Gasteiger partial charge is 0.267 e. The number of carbonyl (C=O) groups excluding carboxylic acids is 1. The summed E-state index contributed by atoms with van der Waals surface area (Å²) < 4.78 is 0. The highest BCUT2D eigenvalue weighted by atomic mass is 16.1. The second kappa shape index (κ2) is 6.60. The lowest BCUT2D eigenvalue weighted by atomic mass is 10.1. The zero-order valence-electron chi connectivity index (χ0n) is 12.6. The molecule has 0 saturated carbocycles. The van der Waals surface area contributed by atoms with E-state index in [0.717, 1.165) is 17.3 Å². The first-order chi connectivity index (χ1) is 9.60. The average Bonchev–Trinajstić information content (AvgIpc) is 2.82. The highest BCUT2D eigenvalue weighted by Crippen LogP contribution is 2.17. The molecule has 2 N–H and O–H groups in total. The van der Waals surface area contributed by atoms with E-state index in [1.807, 2.05) is 18.2 Å². The van der Waals surface area contributed by atoms with Crippen molar-refractivity contribution in [3.05, 3.63) is 35.5 Å². The molecule has 1 amide bonds. The Bertz CT molecular complexity index is 586. The molecule has 20 heavy (non-hydrogen) atoms. The van der Waals surface area contributed by atoms with Crippen LogP contribution in [0.1, 0.15) is 55.6 Å². The van der Waals surface area contributed by atoms with Gasteiger partial charge in [0.25, 0.3) is 5.91 Å². The predicted molar refractivity (Wildman–Crippen MR) is 84.1 cm³/mol. The van der Waals surface area contributed by atoms with Gasteiger partial charge in [0, 0.05) is 16.9 Å². The zero-order chi connectivity index (χ0) is 14.5. The van der Waals surface area contributed by atoms with Gasteiger partial charge in [0.1, 0.15) is 5.69 Å². The van der Waals surface area contributed by atoms with Gasteiger partial charge in [-0.2, -0.15) is 0 Å². The maximum atomic E-state index is 12.2.